The molecule has 0 bridgehead atoms. The summed E-state index contributed by atoms with van der Waals surface area (Å²) in [5.74, 6) is 0.438. The van der Waals surface area contributed by atoms with E-state index in [1.54, 1.807) is 0 Å². The molecule has 1 aromatic rings. The Morgan fingerprint density at radius 2 is 2.05 bits per heavy atom. The lowest BCUT2D eigenvalue weighted by Gasteiger charge is -2.20. The maximum atomic E-state index is 11.7. The summed E-state index contributed by atoms with van der Waals surface area (Å²) in [6.45, 7) is 12.5. The second-order valence-corrected chi connectivity index (χ2v) is 6.09. The van der Waals surface area contributed by atoms with Crippen molar-refractivity contribution < 1.29 is 9.53 Å². The molecule has 0 saturated heterocycles. The van der Waals surface area contributed by atoms with Gasteiger partial charge in [0.2, 0.25) is 0 Å². The highest BCUT2D eigenvalue weighted by molar-refractivity contribution is 5.72. The van der Waals surface area contributed by atoms with Crippen LogP contribution in [-0.4, -0.2) is 23.2 Å². The Bertz CT molecular complexity index is 426. The largest absolute Gasteiger partial charge is 0.466 e. The smallest absolute Gasteiger partial charge is 0.310 e. The fourth-order valence-corrected chi connectivity index (χ4v) is 2.15. The van der Waals surface area contributed by atoms with E-state index in [2.05, 4.69) is 42.1 Å². The average Bonchev–Trinajstić information content (AvgIpc) is 2.89. The fourth-order valence-electron chi connectivity index (χ4n) is 2.15. The van der Waals surface area contributed by atoms with Gasteiger partial charge in [-0.1, -0.05) is 20.8 Å². The van der Waals surface area contributed by atoms with Crippen LogP contribution in [0.5, 0.6) is 0 Å². The number of carbonyl (C=O) groups is 1. The first kappa shape index (κ1) is 17.8. The van der Waals surface area contributed by atoms with Gasteiger partial charge < -0.3 is 14.6 Å². The van der Waals surface area contributed by atoms with Gasteiger partial charge in [-0.15, -0.1) is 0 Å². The normalized spacial score (nSPS) is 14.2. The molecule has 0 amide bonds. The number of carbonyl (C=O) groups excluding carboxylic acids is 1. The molecule has 1 heterocycles. The molecule has 0 aromatic carbocycles. The molecule has 0 aliphatic heterocycles. The third-order valence-electron chi connectivity index (χ3n) is 3.88. The minimum Gasteiger partial charge on any atom is -0.466 e. The monoisotopic (exact) mass is 294 g/mol. The zero-order valence-corrected chi connectivity index (χ0v) is 14.1. The Morgan fingerprint density at radius 1 is 1.33 bits per heavy atom. The van der Waals surface area contributed by atoms with Crippen molar-refractivity contribution in [3.63, 3.8) is 0 Å². The number of hydrogen-bond donors (Lipinski definition) is 1. The van der Waals surface area contributed by atoms with Gasteiger partial charge in [-0.3, -0.25) is 4.79 Å². The molecule has 4 nitrogen and oxygen atoms in total. The van der Waals surface area contributed by atoms with E-state index < -0.39 is 0 Å². The molecule has 1 aromatic heterocycles. The molecule has 1 N–H and O–H groups in total. The number of nitrogens with one attached hydrogen (secondary N) is 1. The van der Waals surface area contributed by atoms with Gasteiger partial charge in [-0.25, -0.2) is 0 Å². The number of aryl methyl sites for hydroxylation is 1. The van der Waals surface area contributed by atoms with E-state index in [1.807, 2.05) is 20.8 Å². The van der Waals surface area contributed by atoms with Crippen LogP contribution in [0.3, 0.4) is 0 Å². The molecule has 1 rings (SSSR count). The Morgan fingerprint density at radius 3 is 2.67 bits per heavy atom. The van der Waals surface area contributed by atoms with Crippen LogP contribution in [0.25, 0.3) is 0 Å². The lowest BCUT2D eigenvalue weighted by Crippen LogP contribution is -2.37. The van der Waals surface area contributed by atoms with Crippen LogP contribution in [0.2, 0.25) is 0 Å². The van der Waals surface area contributed by atoms with Crippen molar-refractivity contribution in [1.82, 2.24) is 9.88 Å². The summed E-state index contributed by atoms with van der Waals surface area (Å²) in [5, 5.41) is 3.43. The number of aromatic nitrogens is 1. The third-order valence-corrected chi connectivity index (χ3v) is 3.88. The van der Waals surface area contributed by atoms with E-state index in [0.29, 0.717) is 12.5 Å². The number of esters is 1. The molecule has 0 unspecified atom stereocenters. The fraction of sp³-hybridized carbons (Fsp3) is 0.706. The Balaban J connectivity index is 2.47. The van der Waals surface area contributed by atoms with Gasteiger partial charge in [0, 0.05) is 31.0 Å². The predicted octanol–water partition coefficient (Wildman–Crippen LogP) is 3.21. The first-order valence-electron chi connectivity index (χ1n) is 7.99. The molecule has 2 atom stereocenters. The minimum atomic E-state index is -0.135. The van der Waals surface area contributed by atoms with E-state index in [1.165, 1.54) is 12.1 Å². The number of hydrogen-bond acceptors (Lipinski definition) is 3. The minimum absolute atomic E-state index is 0.0949. The van der Waals surface area contributed by atoms with Gasteiger partial charge >= 0.3 is 5.97 Å². The Labute approximate surface area is 128 Å². The highest BCUT2D eigenvalue weighted by atomic mass is 16.5. The average molecular weight is 294 g/mol. The van der Waals surface area contributed by atoms with Gasteiger partial charge in [-0.05, 0) is 38.3 Å². The number of nitrogens with zero attached hydrogens (tertiary/aromatic N) is 1. The summed E-state index contributed by atoms with van der Waals surface area (Å²) in [6.07, 6.45) is 3.30. The maximum absolute atomic E-state index is 11.7. The molecule has 0 aliphatic carbocycles. The van der Waals surface area contributed by atoms with Crippen molar-refractivity contribution in [3.8, 4) is 0 Å². The van der Waals surface area contributed by atoms with Crippen LogP contribution in [0.15, 0.2) is 18.3 Å². The van der Waals surface area contributed by atoms with E-state index in [0.717, 1.165) is 13.1 Å². The van der Waals surface area contributed by atoms with E-state index in [-0.39, 0.29) is 17.9 Å². The molecular weight excluding hydrogens is 264 g/mol. The summed E-state index contributed by atoms with van der Waals surface area (Å²) in [4.78, 5) is 11.7. The van der Waals surface area contributed by atoms with Crippen LogP contribution in [0, 0.1) is 11.8 Å². The molecule has 4 heteroatoms. The van der Waals surface area contributed by atoms with Crippen LogP contribution >= 0.6 is 0 Å². The highest BCUT2D eigenvalue weighted by Crippen LogP contribution is 2.10. The molecule has 0 radical (unpaired) electrons. The molecule has 21 heavy (non-hydrogen) atoms. The van der Waals surface area contributed by atoms with Gasteiger partial charge in [-0.2, -0.15) is 0 Å². The van der Waals surface area contributed by atoms with Crippen molar-refractivity contribution in [3.05, 3.63) is 24.0 Å². The van der Waals surface area contributed by atoms with Crippen LogP contribution in [-0.2, 0) is 22.6 Å². The summed E-state index contributed by atoms with van der Waals surface area (Å²) >= 11 is 0. The Kier molecular flexibility index (Phi) is 7.51. The van der Waals surface area contributed by atoms with Crippen LogP contribution in [0.1, 0.15) is 46.7 Å². The molecule has 0 aliphatic rings. The van der Waals surface area contributed by atoms with E-state index >= 15 is 0 Å². The zero-order valence-electron chi connectivity index (χ0n) is 14.1. The van der Waals surface area contributed by atoms with Crippen molar-refractivity contribution >= 4 is 5.97 Å². The predicted molar refractivity (Wildman–Crippen MR) is 86.0 cm³/mol. The van der Waals surface area contributed by atoms with Gasteiger partial charge in [0.15, 0.2) is 0 Å². The summed E-state index contributed by atoms with van der Waals surface area (Å²) in [6, 6.07) is 4.31. The lowest BCUT2D eigenvalue weighted by atomic mass is 10.0. The molecule has 0 fully saturated rings. The lowest BCUT2D eigenvalue weighted by molar-refractivity contribution is -0.148. The first-order chi connectivity index (χ1) is 9.95. The number of ether oxygens (including phenoxy) is 1. The maximum Gasteiger partial charge on any atom is 0.310 e. The Hall–Kier alpha value is -1.29. The van der Waals surface area contributed by atoms with Crippen LogP contribution in [0.4, 0.5) is 0 Å². The standard InChI is InChI=1S/C17H30N2O2/c1-6-21-17(20)14(4)15(5)18-12-16-8-7-10-19(16)11-9-13(2)3/h7-8,10,13-15,18H,6,9,11-12H2,1-5H3/t14-,15-/m1/s1. The van der Waals surface area contributed by atoms with Crippen molar-refractivity contribution in [2.45, 2.75) is 60.2 Å². The first-order valence-corrected chi connectivity index (χ1v) is 7.99. The van der Waals surface area contributed by atoms with Gasteiger partial charge in [0.25, 0.3) is 0 Å². The van der Waals surface area contributed by atoms with Crippen molar-refractivity contribution in [2.24, 2.45) is 11.8 Å². The van der Waals surface area contributed by atoms with Gasteiger partial charge in [0.1, 0.15) is 0 Å². The summed E-state index contributed by atoms with van der Waals surface area (Å²) in [7, 11) is 0. The molecule has 0 spiro atoms. The van der Waals surface area contributed by atoms with E-state index in [9.17, 15) is 4.79 Å². The topological polar surface area (TPSA) is 43.3 Å². The van der Waals surface area contributed by atoms with Crippen LogP contribution < -0.4 is 5.32 Å². The SMILES string of the molecule is CCOC(=O)[C@H](C)[C@@H](C)NCc1cccn1CCC(C)C. The van der Waals surface area contributed by atoms with Crippen molar-refractivity contribution in [2.75, 3.05) is 6.61 Å². The summed E-state index contributed by atoms with van der Waals surface area (Å²) < 4.78 is 7.35. The number of rotatable bonds is 9. The van der Waals surface area contributed by atoms with Crippen molar-refractivity contribution in [1.29, 1.82) is 0 Å². The summed E-state index contributed by atoms with van der Waals surface area (Å²) in [5.41, 5.74) is 1.26. The third kappa shape index (κ3) is 5.92. The zero-order chi connectivity index (χ0) is 15.8. The molecule has 120 valence electrons. The second kappa shape index (κ2) is 8.88. The second-order valence-electron chi connectivity index (χ2n) is 6.09. The molecular formula is C17H30N2O2. The highest BCUT2D eigenvalue weighted by Gasteiger charge is 2.21. The quantitative estimate of drug-likeness (QED) is 0.711. The van der Waals surface area contributed by atoms with Gasteiger partial charge in [0.05, 0.1) is 12.5 Å². The molecule has 0 saturated carbocycles. The van der Waals surface area contributed by atoms with E-state index in [4.69, 9.17) is 4.74 Å².